The lowest BCUT2D eigenvalue weighted by Gasteiger charge is -2.21. The first-order valence-corrected chi connectivity index (χ1v) is 6.71. The van der Waals surface area contributed by atoms with Gasteiger partial charge in [-0.3, -0.25) is 4.79 Å². The molecule has 0 spiro atoms. The van der Waals surface area contributed by atoms with Crippen molar-refractivity contribution in [1.82, 2.24) is 5.32 Å². The lowest BCUT2D eigenvalue weighted by Crippen LogP contribution is -2.32. The highest BCUT2D eigenvalue weighted by atomic mass is 16.6. The van der Waals surface area contributed by atoms with Crippen molar-refractivity contribution in [3.8, 4) is 0 Å². The Balaban J connectivity index is 2.56. The zero-order valence-corrected chi connectivity index (χ0v) is 12.8. The minimum atomic E-state index is -0.429. The van der Waals surface area contributed by atoms with Gasteiger partial charge in [0.05, 0.1) is 6.54 Å². The number of esters is 1. The van der Waals surface area contributed by atoms with E-state index < -0.39 is 5.60 Å². The van der Waals surface area contributed by atoms with E-state index in [4.69, 9.17) is 4.74 Å². The van der Waals surface area contributed by atoms with Crippen molar-refractivity contribution in [3.05, 3.63) is 34.9 Å². The van der Waals surface area contributed by atoms with Gasteiger partial charge < -0.3 is 10.1 Å². The number of benzene rings is 1. The molecule has 106 valence electrons. The van der Waals surface area contributed by atoms with Crippen LogP contribution in [0.4, 0.5) is 0 Å². The third-order valence-corrected chi connectivity index (χ3v) is 2.72. The quantitative estimate of drug-likeness (QED) is 0.847. The highest BCUT2D eigenvalue weighted by molar-refractivity contribution is 5.72. The molecule has 0 aliphatic heterocycles. The van der Waals surface area contributed by atoms with Gasteiger partial charge in [0.15, 0.2) is 0 Å². The van der Waals surface area contributed by atoms with Gasteiger partial charge in [0.1, 0.15) is 5.60 Å². The van der Waals surface area contributed by atoms with Crippen LogP contribution >= 0.6 is 0 Å². The van der Waals surface area contributed by atoms with Crippen molar-refractivity contribution in [2.75, 3.05) is 6.54 Å². The molecule has 1 rings (SSSR count). The van der Waals surface area contributed by atoms with Crippen LogP contribution in [0.5, 0.6) is 0 Å². The van der Waals surface area contributed by atoms with Crippen LogP contribution in [0.1, 0.15) is 50.4 Å². The van der Waals surface area contributed by atoms with Crippen LogP contribution in [-0.4, -0.2) is 18.1 Å². The fraction of sp³-hybridized carbons (Fsp3) is 0.562. The van der Waals surface area contributed by atoms with E-state index in [0.717, 1.165) is 0 Å². The maximum atomic E-state index is 11.6. The first kappa shape index (κ1) is 15.7. The Bertz CT molecular complexity index is 426. The maximum Gasteiger partial charge on any atom is 0.320 e. The van der Waals surface area contributed by atoms with Crippen molar-refractivity contribution < 1.29 is 9.53 Å². The molecule has 3 heteroatoms. The number of aryl methyl sites for hydroxylation is 2. The molecular weight excluding hydrogens is 238 g/mol. The summed E-state index contributed by atoms with van der Waals surface area (Å²) in [6.45, 7) is 12.1. The fourth-order valence-electron chi connectivity index (χ4n) is 1.99. The summed E-state index contributed by atoms with van der Waals surface area (Å²) in [4.78, 5) is 11.6. The summed E-state index contributed by atoms with van der Waals surface area (Å²) in [5.74, 6) is -0.219. The average molecular weight is 263 g/mol. The highest BCUT2D eigenvalue weighted by Gasteiger charge is 2.16. The van der Waals surface area contributed by atoms with E-state index >= 15 is 0 Å². The zero-order chi connectivity index (χ0) is 14.6. The van der Waals surface area contributed by atoms with E-state index in [2.05, 4.69) is 44.3 Å². The summed E-state index contributed by atoms with van der Waals surface area (Å²) in [6, 6.07) is 6.55. The molecule has 0 aliphatic carbocycles. The highest BCUT2D eigenvalue weighted by Crippen LogP contribution is 2.16. The molecule has 1 aromatic carbocycles. The normalized spacial score (nSPS) is 13.2. The van der Waals surface area contributed by atoms with Gasteiger partial charge in [-0.15, -0.1) is 0 Å². The predicted octanol–water partition coefficient (Wildman–Crippen LogP) is 3.30. The second-order valence-electron chi connectivity index (χ2n) is 6.11. The lowest BCUT2D eigenvalue weighted by molar-refractivity contribution is -0.153. The zero-order valence-electron chi connectivity index (χ0n) is 12.8. The van der Waals surface area contributed by atoms with Crippen LogP contribution in [-0.2, 0) is 9.53 Å². The van der Waals surface area contributed by atoms with Crippen molar-refractivity contribution in [2.45, 2.75) is 53.2 Å². The van der Waals surface area contributed by atoms with Crippen LogP contribution in [0.15, 0.2) is 18.2 Å². The summed E-state index contributed by atoms with van der Waals surface area (Å²) in [5.41, 5.74) is 3.24. The fourth-order valence-corrected chi connectivity index (χ4v) is 1.99. The lowest BCUT2D eigenvalue weighted by atomic mass is 10.0. The van der Waals surface area contributed by atoms with Gasteiger partial charge in [-0.1, -0.05) is 29.3 Å². The van der Waals surface area contributed by atoms with E-state index in [9.17, 15) is 4.79 Å². The van der Waals surface area contributed by atoms with E-state index in [-0.39, 0.29) is 18.6 Å². The summed E-state index contributed by atoms with van der Waals surface area (Å²) < 4.78 is 5.27. The molecule has 0 amide bonds. The standard InChI is InChI=1S/C16H25NO2/c1-11-7-12(2)9-14(8-11)13(3)17-10-15(18)19-16(4,5)6/h7-9,13,17H,10H2,1-6H3. The van der Waals surface area contributed by atoms with Crippen molar-refractivity contribution in [1.29, 1.82) is 0 Å². The molecule has 1 N–H and O–H groups in total. The SMILES string of the molecule is Cc1cc(C)cc(C(C)NCC(=O)OC(C)(C)C)c1. The third kappa shape index (κ3) is 5.88. The Morgan fingerprint density at radius 2 is 1.74 bits per heavy atom. The van der Waals surface area contributed by atoms with Gasteiger partial charge in [-0.25, -0.2) is 0 Å². The van der Waals surface area contributed by atoms with E-state index in [1.54, 1.807) is 0 Å². The van der Waals surface area contributed by atoms with Gasteiger partial charge in [-0.2, -0.15) is 0 Å². The van der Waals surface area contributed by atoms with Crippen molar-refractivity contribution >= 4 is 5.97 Å². The molecule has 0 radical (unpaired) electrons. The Labute approximate surface area is 116 Å². The summed E-state index contributed by atoms with van der Waals surface area (Å²) in [7, 11) is 0. The molecule has 1 unspecified atom stereocenters. The van der Waals surface area contributed by atoms with Crippen molar-refractivity contribution in [3.63, 3.8) is 0 Å². The van der Waals surface area contributed by atoms with Crippen LogP contribution in [0.3, 0.4) is 0 Å². The number of nitrogens with one attached hydrogen (secondary N) is 1. The predicted molar refractivity (Wildman–Crippen MR) is 78.2 cm³/mol. The van der Waals surface area contributed by atoms with Crippen LogP contribution in [0, 0.1) is 13.8 Å². The number of rotatable bonds is 4. The first-order chi connectivity index (χ1) is 8.67. The Kier molecular flexibility index (Phi) is 5.12. The molecular formula is C16H25NO2. The number of ether oxygens (including phenoxy) is 1. The van der Waals surface area contributed by atoms with Gasteiger partial charge in [0.25, 0.3) is 0 Å². The number of hydrogen-bond acceptors (Lipinski definition) is 3. The van der Waals surface area contributed by atoms with Crippen LogP contribution < -0.4 is 5.32 Å². The summed E-state index contributed by atoms with van der Waals surface area (Å²) >= 11 is 0. The Morgan fingerprint density at radius 1 is 1.21 bits per heavy atom. The summed E-state index contributed by atoms with van der Waals surface area (Å²) in [5, 5.41) is 3.20. The van der Waals surface area contributed by atoms with E-state index in [1.807, 2.05) is 20.8 Å². The molecule has 3 nitrogen and oxygen atoms in total. The van der Waals surface area contributed by atoms with Gasteiger partial charge >= 0.3 is 5.97 Å². The molecule has 0 bridgehead atoms. The summed E-state index contributed by atoms with van der Waals surface area (Å²) in [6.07, 6.45) is 0. The molecule has 0 fully saturated rings. The number of carbonyl (C=O) groups excluding carboxylic acids is 1. The van der Waals surface area contributed by atoms with E-state index in [1.165, 1.54) is 16.7 Å². The molecule has 0 aliphatic rings. The van der Waals surface area contributed by atoms with E-state index in [0.29, 0.717) is 0 Å². The minimum Gasteiger partial charge on any atom is -0.459 e. The molecule has 0 aromatic heterocycles. The van der Waals surface area contributed by atoms with Crippen LogP contribution in [0.25, 0.3) is 0 Å². The third-order valence-electron chi connectivity index (χ3n) is 2.72. The Hall–Kier alpha value is -1.35. The second-order valence-corrected chi connectivity index (χ2v) is 6.11. The van der Waals surface area contributed by atoms with Gasteiger partial charge in [-0.05, 0) is 47.1 Å². The molecule has 19 heavy (non-hydrogen) atoms. The molecule has 1 atom stereocenters. The topological polar surface area (TPSA) is 38.3 Å². The van der Waals surface area contributed by atoms with Crippen LogP contribution in [0.2, 0.25) is 0 Å². The smallest absolute Gasteiger partial charge is 0.320 e. The first-order valence-electron chi connectivity index (χ1n) is 6.71. The largest absolute Gasteiger partial charge is 0.459 e. The molecule has 1 aromatic rings. The monoisotopic (exact) mass is 263 g/mol. The molecule has 0 saturated carbocycles. The second kappa shape index (κ2) is 6.20. The average Bonchev–Trinajstić information content (AvgIpc) is 2.22. The van der Waals surface area contributed by atoms with Crippen molar-refractivity contribution in [2.24, 2.45) is 0 Å². The molecule has 0 saturated heterocycles. The maximum absolute atomic E-state index is 11.6. The van der Waals surface area contributed by atoms with Gasteiger partial charge in [0, 0.05) is 6.04 Å². The van der Waals surface area contributed by atoms with Gasteiger partial charge in [0.2, 0.25) is 0 Å². The Morgan fingerprint density at radius 3 is 2.21 bits per heavy atom. The number of hydrogen-bond donors (Lipinski definition) is 1. The minimum absolute atomic E-state index is 0.131. The number of carbonyl (C=O) groups is 1. The molecule has 0 heterocycles.